The standard InChI is InChI=1S/C20H20N2O4S/c1-13-5-4-6-14(11-13)18(23)21-20-22(9-10-25-2)16-8-7-15(19(24)26-3)12-17(16)27-20/h4-8,11-12H,9-10H2,1-3H3. The number of fused-ring (bicyclic) bond motifs is 1. The molecule has 3 rings (SSSR count). The van der Waals surface area contributed by atoms with Crippen LogP contribution in [0.3, 0.4) is 0 Å². The zero-order chi connectivity index (χ0) is 19.4. The predicted molar refractivity (Wildman–Crippen MR) is 104 cm³/mol. The molecule has 0 bridgehead atoms. The van der Waals surface area contributed by atoms with Gasteiger partial charge in [-0.2, -0.15) is 4.99 Å². The normalized spacial score (nSPS) is 11.7. The second-order valence-corrected chi connectivity index (χ2v) is 7.00. The van der Waals surface area contributed by atoms with E-state index >= 15 is 0 Å². The second-order valence-electron chi connectivity index (χ2n) is 5.99. The highest BCUT2D eigenvalue weighted by atomic mass is 32.1. The average Bonchev–Trinajstić information content (AvgIpc) is 3.01. The number of esters is 1. The number of thiazole rings is 1. The Kier molecular flexibility index (Phi) is 5.83. The largest absolute Gasteiger partial charge is 0.465 e. The molecule has 2 aromatic carbocycles. The van der Waals surface area contributed by atoms with E-state index in [1.54, 1.807) is 25.3 Å². The Bertz CT molecular complexity index is 1070. The summed E-state index contributed by atoms with van der Waals surface area (Å²) >= 11 is 1.36. The monoisotopic (exact) mass is 384 g/mol. The summed E-state index contributed by atoms with van der Waals surface area (Å²) in [5.41, 5.74) is 2.89. The molecule has 0 unspecified atom stereocenters. The fraction of sp³-hybridized carbons (Fsp3) is 0.250. The molecule has 0 fully saturated rings. The van der Waals surface area contributed by atoms with Crippen molar-refractivity contribution in [3.8, 4) is 0 Å². The Morgan fingerprint density at radius 1 is 1.11 bits per heavy atom. The lowest BCUT2D eigenvalue weighted by Crippen LogP contribution is -2.19. The summed E-state index contributed by atoms with van der Waals surface area (Å²) in [6.07, 6.45) is 0. The molecule has 0 aliphatic carbocycles. The first kappa shape index (κ1) is 19.0. The number of carbonyl (C=O) groups excluding carboxylic acids is 2. The molecule has 27 heavy (non-hydrogen) atoms. The third-order valence-corrected chi connectivity index (χ3v) is 5.13. The van der Waals surface area contributed by atoms with Crippen LogP contribution >= 0.6 is 11.3 Å². The molecule has 0 saturated carbocycles. The van der Waals surface area contributed by atoms with Gasteiger partial charge in [0.15, 0.2) is 4.80 Å². The van der Waals surface area contributed by atoms with Gasteiger partial charge in [0.25, 0.3) is 5.91 Å². The fourth-order valence-corrected chi connectivity index (χ4v) is 3.83. The van der Waals surface area contributed by atoms with E-state index in [9.17, 15) is 9.59 Å². The maximum atomic E-state index is 12.6. The van der Waals surface area contributed by atoms with Gasteiger partial charge in [-0.05, 0) is 37.3 Å². The molecule has 0 aliphatic heterocycles. The number of carbonyl (C=O) groups is 2. The summed E-state index contributed by atoms with van der Waals surface area (Å²) in [6, 6.07) is 12.6. The number of amides is 1. The van der Waals surface area contributed by atoms with E-state index in [2.05, 4.69) is 4.99 Å². The fourth-order valence-electron chi connectivity index (χ4n) is 2.73. The van der Waals surface area contributed by atoms with Crippen molar-refractivity contribution in [1.29, 1.82) is 0 Å². The topological polar surface area (TPSA) is 69.9 Å². The SMILES string of the molecule is COCCn1c(=NC(=O)c2cccc(C)c2)sc2cc(C(=O)OC)ccc21. The van der Waals surface area contributed by atoms with Crippen LogP contribution in [0.2, 0.25) is 0 Å². The first-order valence-electron chi connectivity index (χ1n) is 8.40. The van der Waals surface area contributed by atoms with Gasteiger partial charge in [0.2, 0.25) is 0 Å². The van der Waals surface area contributed by atoms with Crippen molar-refractivity contribution in [1.82, 2.24) is 4.57 Å². The van der Waals surface area contributed by atoms with Crippen LogP contribution < -0.4 is 4.80 Å². The summed E-state index contributed by atoms with van der Waals surface area (Å²) < 4.78 is 12.7. The lowest BCUT2D eigenvalue weighted by Gasteiger charge is -2.05. The molecular weight excluding hydrogens is 364 g/mol. The summed E-state index contributed by atoms with van der Waals surface area (Å²) in [6.45, 7) is 2.97. The van der Waals surface area contributed by atoms with Gasteiger partial charge in [-0.3, -0.25) is 4.79 Å². The van der Waals surface area contributed by atoms with Crippen molar-refractivity contribution >= 4 is 33.4 Å². The summed E-state index contributed by atoms with van der Waals surface area (Å²) in [4.78, 5) is 29.3. The number of hydrogen-bond donors (Lipinski definition) is 0. The molecule has 7 heteroatoms. The van der Waals surface area contributed by atoms with E-state index in [-0.39, 0.29) is 5.91 Å². The minimum atomic E-state index is -0.400. The molecule has 0 spiro atoms. The van der Waals surface area contributed by atoms with Crippen molar-refractivity contribution in [3.63, 3.8) is 0 Å². The Morgan fingerprint density at radius 2 is 1.93 bits per heavy atom. The van der Waals surface area contributed by atoms with Crippen LogP contribution in [0.5, 0.6) is 0 Å². The molecule has 140 valence electrons. The van der Waals surface area contributed by atoms with Gasteiger partial charge in [-0.1, -0.05) is 29.0 Å². The summed E-state index contributed by atoms with van der Waals surface area (Å²) in [5, 5.41) is 0. The number of aromatic nitrogens is 1. The van der Waals surface area contributed by atoms with E-state index in [0.29, 0.717) is 29.1 Å². The van der Waals surface area contributed by atoms with E-state index in [1.165, 1.54) is 18.4 Å². The number of benzene rings is 2. The molecule has 0 atom stereocenters. The molecule has 6 nitrogen and oxygen atoms in total. The first-order chi connectivity index (χ1) is 13.0. The third-order valence-electron chi connectivity index (χ3n) is 4.09. The highest BCUT2D eigenvalue weighted by Gasteiger charge is 2.12. The van der Waals surface area contributed by atoms with E-state index < -0.39 is 5.97 Å². The van der Waals surface area contributed by atoms with Crippen LogP contribution in [-0.4, -0.2) is 37.3 Å². The molecule has 0 aliphatic rings. The van der Waals surface area contributed by atoms with Gasteiger partial charge >= 0.3 is 5.97 Å². The Balaban J connectivity index is 2.11. The van der Waals surface area contributed by atoms with Gasteiger partial charge in [-0.15, -0.1) is 0 Å². The molecular formula is C20H20N2O4S. The molecule has 0 N–H and O–H groups in total. The lowest BCUT2D eigenvalue weighted by atomic mass is 10.1. The van der Waals surface area contributed by atoms with Crippen LogP contribution in [0.15, 0.2) is 47.5 Å². The van der Waals surface area contributed by atoms with Crippen molar-refractivity contribution in [2.45, 2.75) is 13.5 Å². The summed E-state index contributed by atoms with van der Waals surface area (Å²) in [5.74, 6) is -0.701. The third kappa shape index (κ3) is 4.15. The number of methoxy groups -OCH3 is 2. The van der Waals surface area contributed by atoms with Gasteiger partial charge in [0, 0.05) is 19.2 Å². The van der Waals surface area contributed by atoms with Crippen LogP contribution in [0, 0.1) is 6.92 Å². The van der Waals surface area contributed by atoms with Gasteiger partial charge < -0.3 is 14.0 Å². The Hall–Kier alpha value is -2.77. The number of nitrogens with zero attached hydrogens (tertiary/aromatic N) is 2. The quantitative estimate of drug-likeness (QED) is 0.634. The van der Waals surface area contributed by atoms with Crippen LogP contribution in [0.1, 0.15) is 26.3 Å². The first-order valence-corrected chi connectivity index (χ1v) is 9.21. The van der Waals surface area contributed by atoms with Crippen LogP contribution in [0.25, 0.3) is 10.2 Å². The number of hydrogen-bond acceptors (Lipinski definition) is 5. The maximum Gasteiger partial charge on any atom is 0.337 e. The van der Waals surface area contributed by atoms with E-state index in [1.807, 2.05) is 35.8 Å². The van der Waals surface area contributed by atoms with Gasteiger partial charge in [-0.25, -0.2) is 4.79 Å². The van der Waals surface area contributed by atoms with Crippen molar-refractivity contribution in [2.24, 2.45) is 4.99 Å². The molecule has 1 aromatic heterocycles. The Labute approximate surface area is 160 Å². The predicted octanol–water partition coefficient (Wildman–Crippen LogP) is 3.19. The second kappa shape index (κ2) is 8.28. The van der Waals surface area contributed by atoms with Gasteiger partial charge in [0.05, 0.1) is 29.5 Å². The average molecular weight is 384 g/mol. The maximum absolute atomic E-state index is 12.6. The molecule has 0 radical (unpaired) electrons. The number of ether oxygens (including phenoxy) is 2. The van der Waals surface area contributed by atoms with Crippen LogP contribution in [-0.2, 0) is 16.0 Å². The molecule has 3 aromatic rings. The smallest absolute Gasteiger partial charge is 0.337 e. The van der Waals surface area contributed by atoms with Gasteiger partial charge in [0.1, 0.15) is 0 Å². The highest BCUT2D eigenvalue weighted by Crippen LogP contribution is 2.20. The lowest BCUT2D eigenvalue weighted by molar-refractivity contribution is 0.0601. The zero-order valence-electron chi connectivity index (χ0n) is 15.4. The van der Waals surface area contributed by atoms with E-state index in [0.717, 1.165) is 15.8 Å². The minimum Gasteiger partial charge on any atom is -0.465 e. The van der Waals surface area contributed by atoms with Crippen molar-refractivity contribution in [2.75, 3.05) is 20.8 Å². The number of rotatable bonds is 5. The number of aryl methyl sites for hydroxylation is 1. The zero-order valence-corrected chi connectivity index (χ0v) is 16.2. The molecule has 1 amide bonds. The Morgan fingerprint density at radius 3 is 2.63 bits per heavy atom. The minimum absolute atomic E-state index is 0.301. The summed E-state index contributed by atoms with van der Waals surface area (Å²) in [7, 11) is 2.97. The van der Waals surface area contributed by atoms with E-state index in [4.69, 9.17) is 9.47 Å². The molecule has 0 saturated heterocycles. The van der Waals surface area contributed by atoms with Crippen LogP contribution in [0.4, 0.5) is 0 Å². The molecule has 1 heterocycles. The van der Waals surface area contributed by atoms with Crippen molar-refractivity contribution in [3.05, 3.63) is 64.0 Å². The van der Waals surface area contributed by atoms with Crippen molar-refractivity contribution < 1.29 is 19.1 Å². The highest BCUT2D eigenvalue weighted by molar-refractivity contribution is 7.16.